The lowest BCUT2D eigenvalue weighted by Gasteiger charge is -2.25. The van der Waals surface area contributed by atoms with E-state index in [2.05, 4.69) is 53.1 Å². The lowest BCUT2D eigenvalue weighted by atomic mass is 10.0. The maximum absolute atomic E-state index is 3.70. The number of hydrogen-bond acceptors (Lipinski definition) is 2. The third-order valence-corrected chi connectivity index (χ3v) is 4.50. The average molecular weight is 264 g/mol. The molecular formula is C18H20N2. The van der Waals surface area contributed by atoms with Gasteiger partial charge in [-0.2, -0.15) is 0 Å². The van der Waals surface area contributed by atoms with Gasteiger partial charge in [-0.15, -0.1) is 0 Å². The molecule has 0 saturated carbocycles. The maximum Gasteiger partial charge on any atom is 0.0345 e. The number of piperidine rings is 1. The summed E-state index contributed by atoms with van der Waals surface area (Å²) in [5.74, 6) is 0. The number of fused-ring (bicyclic) bond motifs is 3. The van der Waals surface area contributed by atoms with Gasteiger partial charge in [0.05, 0.1) is 0 Å². The molecule has 0 amide bonds. The van der Waals surface area contributed by atoms with Crippen molar-refractivity contribution in [3.63, 3.8) is 0 Å². The van der Waals surface area contributed by atoms with Crippen LogP contribution in [0.15, 0.2) is 42.5 Å². The minimum absolute atomic E-state index is 0.623. The highest BCUT2D eigenvalue weighted by atomic mass is 15.0. The molecule has 20 heavy (non-hydrogen) atoms. The van der Waals surface area contributed by atoms with Gasteiger partial charge in [-0.25, -0.2) is 0 Å². The molecule has 0 atom stereocenters. The SMILES string of the molecule is c1ccc2c(c1)Cc1cc(NC3CCNCC3)ccc1-2. The highest BCUT2D eigenvalue weighted by Gasteiger charge is 2.19. The van der Waals surface area contributed by atoms with E-state index in [4.69, 9.17) is 0 Å². The zero-order chi connectivity index (χ0) is 13.4. The molecule has 0 spiro atoms. The van der Waals surface area contributed by atoms with Gasteiger partial charge in [0.15, 0.2) is 0 Å². The summed E-state index contributed by atoms with van der Waals surface area (Å²) in [7, 11) is 0. The molecule has 102 valence electrons. The second-order valence-corrected chi connectivity index (χ2v) is 5.87. The molecule has 2 aliphatic rings. The lowest BCUT2D eigenvalue weighted by Crippen LogP contribution is -2.35. The van der Waals surface area contributed by atoms with Gasteiger partial charge in [-0.05, 0) is 66.7 Å². The summed E-state index contributed by atoms with van der Waals surface area (Å²) in [5, 5.41) is 7.11. The van der Waals surface area contributed by atoms with Crippen molar-refractivity contribution >= 4 is 5.69 Å². The Labute approximate surface area is 120 Å². The summed E-state index contributed by atoms with van der Waals surface area (Å²) < 4.78 is 0. The topological polar surface area (TPSA) is 24.1 Å². The zero-order valence-corrected chi connectivity index (χ0v) is 11.7. The van der Waals surface area contributed by atoms with Crippen LogP contribution >= 0.6 is 0 Å². The van der Waals surface area contributed by atoms with Crippen LogP contribution in [0.5, 0.6) is 0 Å². The number of benzene rings is 2. The third-order valence-electron chi connectivity index (χ3n) is 4.50. The van der Waals surface area contributed by atoms with Crippen molar-refractivity contribution in [1.29, 1.82) is 0 Å². The molecule has 0 bridgehead atoms. The van der Waals surface area contributed by atoms with E-state index in [0.29, 0.717) is 6.04 Å². The molecule has 1 heterocycles. The summed E-state index contributed by atoms with van der Waals surface area (Å²) in [6, 6.07) is 16.2. The van der Waals surface area contributed by atoms with Crippen LogP contribution in [-0.4, -0.2) is 19.1 Å². The molecule has 4 rings (SSSR count). The van der Waals surface area contributed by atoms with Crippen LogP contribution in [0, 0.1) is 0 Å². The summed E-state index contributed by atoms with van der Waals surface area (Å²) >= 11 is 0. The Bertz CT molecular complexity index is 627. The Kier molecular flexibility index (Phi) is 2.96. The van der Waals surface area contributed by atoms with Crippen LogP contribution < -0.4 is 10.6 Å². The van der Waals surface area contributed by atoms with E-state index in [1.807, 2.05) is 0 Å². The van der Waals surface area contributed by atoms with Crippen molar-refractivity contribution < 1.29 is 0 Å². The largest absolute Gasteiger partial charge is 0.382 e. The van der Waals surface area contributed by atoms with E-state index < -0.39 is 0 Å². The van der Waals surface area contributed by atoms with Crippen LogP contribution in [0.1, 0.15) is 24.0 Å². The summed E-state index contributed by atoms with van der Waals surface area (Å²) in [5.41, 5.74) is 7.03. The van der Waals surface area contributed by atoms with E-state index in [1.165, 1.54) is 40.8 Å². The van der Waals surface area contributed by atoms with E-state index in [-0.39, 0.29) is 0 Å². The molecule has 1 fully saturated rings. The standard InChI is InChI=1S/C18H20N2/c1-2-4-17-13(3-1)11-14-12-16(5-6-18(14)17)20-15-7-9-19-10-8-15/h1-6,12,15,19-20H,7-11H2. The fourth-order valence-electron chi connectivity index (χ4n) is 3.44. The molecule has 0 radical (unpaired) electrons. The van der Waals surface area contributed by atoms with Crippen molar-refractivity contribution in [3.8, 4) is 11.1 Å². The van der Waals surface area contributed by atoms with Gasteiger partial charge >= 0.3 is 0 Å². The highest BCUT2D eigenvalue weighted by molar-refractivity contribution is 5.78. The second-order valence-electron chi connectivity index (χ2n) is 5.87. The Morgan fingerprint density at radius 3 is 2.60 bits per heavy atom. The molecule has 2 aromatic rings. The van der Waals surface area contributed by atoms with E-state index >= 15 is 0 Å². The summed E-state index contributed by atoms with van der Waals surface area (Å²) in [6.07, 6.45) is 3.52. The average Bonchev–Trinajstić information content (AvgIpc) is 2.86. The predicted molar refractivity (Wildman–Crippen MR) is 84.2 cm³/mol. The van der Waals surface area contributed by atoms with Crippen molar-refractivity contribution in [2.75, 3.05) is 18.4 Å². The minimum Gasteiger partial charge on any atom is -0.382 e. The van der Waals surface area contributed by atoms with E-state index in [9.17, 15) is 0 Å². The number of anilines is 1. The van der Waals surface area contributed by atoms with Crippen LogP contribution in [0.25, 0.3) is 11.1 Å². The fraction of sp³-hybridized carbons (Fsp3) is 0.333. The normalized spacial score (nSPS) is 17.6. The van der Waals surface area contributed by atoms with Crippen molar-refractivity contribution in [2.24, 2.45) is 0 Å². The quantitative estimate of drug-likeness (QED) is 0.741. The predicted octanol–water partition coefficient (Wildman–Crippen LogP) is 3.42. The zero-order valence-electron chi connectivity index (χ0n) is 11.7. The third kappa shape index (κ3) is 2.10. The molecule has 0 aromatic heterocycles. The van der Waals surface area contributed by atoms with Gasteiger partial charge in [0.25, 0.3) is 0 Å². The first-order valence-corrected chi connectivity index (χ1v) is 7.58. The smallest absolute Gasteiger partial charge is 0.0345 e. The van der Waals surface area contributed by atoms with Gasteiger partial charge in [0.2, 0.25) is 0 Å². The second kappa shape index (κ2) is 4.95. The number of hydrogen-bond donors (Lipinski definition) is 2. The van der Waals surface area contributed by atoms with E-state index in [0.717, 1.165) is 19.5 Å². The van der Waals surface area contributed by atoms with Gasteiger partial charge in [-0.1, -0.05) is 30.3 Å². The molecular weight excluding hydrogens is 244 g/mol. The molecule has 0 unspecified atom stereocenters. The fourth-order valence-corrected chi connectivity index (χ4v) is 3.44. The highest BCUT2D eigenvalue weighted by Crippen LogP contribution is 2.37. The first-order chi connectivity index (χ1) is 9.90. The molecule has 2 nitrogen and oxygen atoms in total. The van der Waals surface area contributed by atoms with Crippen LogP contribution in [0.2, 0.25) is 0 Å². The van der Waals surface area contributed by atoms with Crippen molar-refractivity contribution in [3.05, 3.63) is 53.6 Å². The Balaban J connectivity index is 1.58. The summed E-state index contributed by atoms with van der Waals surface area (Å²) in [4.78, 5) is 0. The molecule has 2 N–H and O–H groups in total. The van der Waals surface area contributed by atoms with Crippen LogP contribution in [-0.2, 0) is 6.42 Å². The molecule has 1 aliphatic heterocycles. The molecule has 2 heteroatoms. The minimum atomic E-state index is 0.623. The van der Waals surface area contributed by atoms with Crippen molar-refractivity contribution in [2.45, 2.75) is 25.3 Å². The molecule has 2 aromatic carbocycles. The van der Waals surface area contributed by atoms with Crippen LogP contribution in [0.3, 0.4) is 0 Å². The monoisotopic (exact) mass is 264 g/mol. The maximum atomic E-state index is 3.70. The lowest BCUT2D eigenvalue weighted by molar-refractivity contribution is 0.479. The first kappa shape index (κ1) is 12.0. The molecule has 1 saturated heterocycles. The van der Waals surface area contributed by atoms with E-state index in [1.54, 1.807) is 0 Å². The van der Waals surface area contributed by atoms with Gasteiger partial charge in [0, 0.05) is 11.7 Å². The number of nitrogens with one attached hydrogen (secondary N) is 2. The Morgan fingerprint density at radius 2 is 1.70 bits per heavy atom. The molecule has 1 aliphatic carbocycles. The van der Waals surface area contributed by atoms with Gasteiger partial charge < -0.3 is 10.6 Å². The first-order valence-electron chi connectivity index (χ1n) is 7.58. The number of rotatable bonds is 2. The van der Waals surface area contributed by atoms with Gasteiger partial charge in [0.1, 0.15) is 0 Å². The summed E-state index contributed by atoms with van der Waals surface area (Å²) in [6.45, 7) is 2.27. The van der Waals surface area contributed by atoms with Crippen molar-refractivity contribution in [1.82, 2.24) is 5.32 Å². The Morgan fingerprint density at radius 1 is 0.900 bits per heavy atom. The Hall–Kier alpha value is -1.80. The van der Waals surface area contributed by atoms with Gasteiger partial charge in [-0.3, -0.25) is 0 Å². The van der Waals surface area contributed by atoms with Crippen LogP contribution in [0.4, 0.5) is 5.69 Å².